The van der Waals surface area contributed by atoms with Crippen molar-refractivity contribution in [2.45, 2.75) is 19.4 Å². The molecule has 4 heterocycles. The zero-order chi connectivity index (χ0) is 14.9. The first-order valence-electron chi connectivity index (χ1n) is 7.53. The molecule has 1 atom stereocenters. The largest absolute Gasteiger partial charge is 0.365 e. The molecular formula is C16H18N6. The van der Waals surface area contributed by atoms with Crippen LogP contribution in [-0.2, 0) is 0 Å². The Hall–Kier alpha value is -2.47. The third-order valence-electron chi connectivity index (χ3n) is 3.96. The van der Waals surface area contributed by atoms with Crippen molar-refractivity contribution >= 4 is 11.5 Å². The second-order valence-electron chi connectivity index (χ2n) is 5.70. The highest BCUT2D eigenvalue weighted by Gasteiger charge is 2.15. The van der Waals surface area contributed by atoms with Crippen LogP contribution in [0.4, 0.5) is 5.82 Å². The third-order valence-corrected chi connectivity index (χ3v) is 3.96. The highest BCUT2D eigenvalue weighted by atomic mass is 15.1. The summed E-state index contributed by atoms with van der Waals surface area (Å²) in [4.78, 5) is 13.5. The molecule has 0 amide bonds. The van der Waals surface area contributed by atoms with Crippen LogP contribution in [0.3, 0.4) is 0 Å². The predicted octanol–water partition coefficient (Wildman–Crippen LogP) is 1.87. The predicted molar refractivity (Wildman–Crippen MR) is 85.9 cm³/mol. The molecule has 0 saturated carbocycles. The zero-order valence-corrected chi connectivity index (χ0v) is 12.5. The summed E-state index contributed by atoms with van der Waals surface area (Å²) in [7, 11) is 0. The lowest BCUT2D eigenvalue weighted by atomic mass is 10.2. The number of hydrogen-bond acceptors (Lipinski definition) is 5. The fraction of sp³-hybridized carbons (Fsp3) is 0.312. The number of anilines is 1. The highest BCUT2D eigenvalue weighted by molar-refractivity contribution is 5.61. The first-order chi connectivity index (χ1) is 10.8. The molecule has 6 heteroatoms. The molecule has 1 aliphatic heterocycles. The molecule has 1 fully saturated rings. The van der Waals surface area contributed by atoms with E-state index < -0.39 is 0 Å². The quantitative estimate of drug-likeness (QED) is 0.772. The first-order valence-corrected chi connectivity index (χ1v) is 7.53. The number of hydrogen-bond donors (Lipinski definition) is 2. The van der Waals surface area contributed by atoms with Gasteiger partial charge in [-0.05, 0) is 31.5 Å². The summed E-state index contributed by atoms with van der Waals surface area (Å²) < 4.78 is 2.06. The summed E-state index contributed by atoms with van der Waals surface area (Å²) >= 11 is 0. The SMILES string of the molecule is Cc1ccc2ncc(-c3cncc(N[C@@H]4CCNC4)n3)n2c1. The molecule has 0 radical (unpaired) electrons. The molecular weight excluding hydrogens is 276 g/mol. The molecule has 6 nitrogen and oxygen atoms in total. The van der Waals surface area contributed by atoms with Crippen LogP contribution in [0.1, 0.15) is 12.0 Å². The van der Waals surface area contributed by atoms with Crippen molar-refractivity contribution in [2.75, 3.05) is 18.4 Å². The van der Waals surface area contributed by atoms with Gasteiger partial charge in [0.25, 0.3) is 0 Å². The van der Waals surface area contributed by atoms with E-state index in [1.54, 1.807) is 12.4 Å². The van der Waals surface area contributed by atoms with Gasteiger partial charge in [0.1, 0.15) is 17.2 Å². The van der Waals surface area contributed by atoms with E-state index in [0.29, 0.717) is 6.04 Å². The van der Waals surface area contributed by atoms with E-state index in [1.807, 2.05) is 12.3 Å². The van der Waals surface area contributed by atoms with Crippen molar-refractivity contribution in [3.8, 4) is 11.4 Å². The molecule has 0 aromatic carbocycles. The average molecular weight is 294 g/mol. The van der Waals surface area contributed by atoms with Crippen LogP contribution in [0.2, 0.25) is 0 Å². The van der Waals surface area contributed by atoms with Gasteiger partial charge in [0.15, 0.2) is 0 Å². The van der Waals surface area contributed by atoms with E-state index >= 15 is 0 Å². The fourth-order valence-corrected chi connectivity index (χ4v) is 2.82. The molecule has 4 rings (SSSR count). The Kier molecular flexibility index (Phi) is 3.23. The molecule has 3 aromatic rings. The van der Waals surface area contributed by atoms with E-state index in [-0.39, 0.29) is 0 Å². The van der Waals surface area contributed by atoms with E-state index in [9.17, 15) is 0 Å². The van der Waals surface area contributed by atoms with E-state index in [2.05, 4.69) is 44.2 Å². The molecule has 3 aromatic heterocycles. The zero-order valence-electron chi connectivity index (χ0n) is 12.5. The Morgan fingerprint density at radius 3 is 3.09 bits per heavy atom. The maximum atomic E-state index is 4.70. The van der Waals surface area contributed by atoms with Crippen LogP contribution in [0.5, 0.6) is 0 Å². The summed E-state index contributed by atoms with van der Waals surface area (Å²) in [5.74, 6) is 0.814. The molecule has 22 heavy (non-hydrogen) atoms. The van der Waals surface area contributed by atoms with Crippen LogP contribution in [0.15, 0.2) is 36.9 Å². The van der Waals surface area contributed by atoms with Crippen molar-refractivity contribution in [1.29, 1.82) is 0 Å². The average Bonchev–Trinajstić information content (AvgIpc) is 3.16. The summed E-state index contributed by atoms with van der Waals surface area (Å²) in [6, 6.07) is 4.50. The van der Waals surface area contributed by atoms with Gasteiger partial charge in [-0.2, -0.15) is 0 Å². The van der Waals surface area contributed by atoms with Crippen molar-refractivity contribution in [2.24, 2.45) is 0 Å². The van der Waals surface area contributed by atoms with Crippen LogP contribution < -0.4 is 10.6 Å². The number of aromatic nitrogens is 4. The molecule has 0 unspecified atom stereocenters. The first kappa shape index (κ1) is 13.2. The van der Waals surface area contributed by atoms with Crippen LogP contribution in [-0.4, -0.2) is 38.5 Å². The van der Waals surface area contributed by atoms with Crippen LogP contribution in [0.25, 0.3) is 17.0 Å². The van der Waals surface area contributed by atoms with Gasteiger partial charge in [0.2, 0.25) is 0 Å². The second-order valence-corrected chi connectivity index (χ2v) is 5.70. The minimum atomic E-state index is 0.425. The lowest BCUT2D eigenvalue weighted by Crippen LogP contribution is -2.22. The smallest absolute Gasteiger partial charge is 0.145 e. The molecule has 0 bridgehead atoms. The Morgan fingerprint density at radius 1 is 1.27 bits per heavy atom. The Labute approximate surface area is 128 Å². The topological polar surface area (TPSA) is 67.1 Å². The number of nitrogens with zero attached hydrogens (tertiary/aromatic N) is 4. The van der Waals surface area contributed by atoms with Gasteiger partial charge in [-0.3, -0.25) is 9.38 Å². The van der Waals surface area contributed by atoms with Gasteiger partial charge in [-0.25, -0.2) is 9.97 Å². The maximum absolute atomic E-state index is 4.70. The molecule has 0 aliphatic carbocycles. The molecule has 1 saturated heterocycles. The van der Waals surface area contributed by atoms with Crippen LogP contribution >= 0.6 is 0 Å². The van der Waals surface area contributed by atoms with Gasteiger partial charge in [-0.1, -0.05) is 6.07 Å². The highest BCUT2D eigenvalue weighted by Crippen LogP contribution is 2.20. The maximum Gasteiger partial charge on any atom is 0.145 e. The monoisotopic (exact) mass is 294 g/mol. The minimum Gasteiger partial charge on any atom is -0.365 e. The Morgan fingerprint density at radius 2 is 2.23 bits per heavy atom. The number of nitrogens with one attached hydrogen (secondary N) is 2. The summed E-state index contributed by atoms with van der Waals surface area (Å²) in [5.41, 5.74) is 3.89. The van der Waals surface area contributed by atoms with Gasteiger partial charge < -0.3 is 10.6 Å². The van der Waals surface area contributed by atoms with Crippen molar-refractivity contribution < 1.29 is 0 Å². The van der Waals surface area contributed by atoms with E-state index in [4.69, 9.17) is 4.98 Å². The van der Waals surface area contributed by atoms with Crippen molar-refractivity contribution in [3.63, 3.8) is 0 Å². The van der Waals surface area contributed by atoms with Gasteiger partial charge in [0.05, 0.1) is 24.3 Å². The Balaban J connectivity index is 1.70. The molecule has 0 spiro atoms. The minimum absolute atomic E-state index is 0.425. The third kappa shape index (κ3) is 2.42. The van der Waals surface area contributed by atoms with E-state index in [0.717, 1.165) is 42.4 Å². The normalized spacial score (nSPS) is 18.0. The lowest BCUT2D eigenvalue weighted by Gasteiger charge is -2.12. The van der Waals surface area contributed by atoms with E-state index in [1.165, 1.54) is 5.56 Å². The summed E-state index contributed by atoms with van der Waals surface area (Å²) in [6.07, 6.45) is 8.58. The number of rotatable bonds is 3. The number of aryl methyl sites for hydroxylation is 1. The molecule has 2 N–H and O–H groups in total. The Bertz CT molecular complexity index is 803. The van der Waals surface area contributed by atoms with Crippen molar-refractivity contribution in [1.82, 2.24) is 24.7 Å². The fourth-order valence-electron chi connectivity index (χ4n) is 2.82. The molecule has 112 valence electrons. The standard InChI is InChI=1S/C16H18N6/c1-11-2-3-16-19-8-14(22(16)10-11)13-7-18-9-15(21-13)20-12-4-5-17-6-12/h2-3,7-10,12,17H,4-6H2,1H3,(H,20,21)/t12-/m1/s1. The van der Waals surface area contributed by atoms with Crippen LogP contribution in [0, 0.1) is 6.92 Å². The van der Waals surface area contributed by atoms with Gasteiger partial charge in [0, 0.05) is 18.8 Å². The number of imidazole rings is 1. The number of fused-ring (bicyclic) bond motifs is 1. The van der Waals surface area contributed by atoms with Gasteiger partial charge >= 0.3 is 0 Å². The molecule has 1 aliphatic rings. The summed E-state index contributed by atoms with van der Waals surface area (Å²) in [5, 5.41) is 6.78. The van der Waals surface area contributed by atoms with Gasteiger partial charge in [-0.15, -0.1) is 0 Å². The van der Waals surface area contributed by atoms with Crippen molar-refractivity contribution in [3.05, 3.63) is 42.5 Å². The second kappa shape index (κ2) is 5.38. The number of pyridine rings is 1. The lowest BCUT2D eigenvalue weighted by molar-refractivity contribution is 0.786. The summed E-state index contributed by atoms with van der Waals surface area (Å²) in [6.45, 7) is 4.10.